The molecule has 0 aliphatic rings. The largest absolute Gasteiger partial charge is 0.496 e. The number of ether oxygens (including phenoxy) is 1. The molecule has 0 saturated heterocycles. The van der Waals surface area contributed by atoms with Crippen LogP contribution in [0.4, 0.5) is 0 Å². The number of hydrogen-bond donors (Lipinski definition) is 1. The highest BCUT2D eigenvalue weighted by molar-refractivity contribution is 5.71. The van der Waals surface area contributed by atoms with Crippen LogP contribution in [-0.2, 0) is 11.2 Å². The minimum absolute atomic E-state index is 0.0641. The van der Waals surface area contributed by atoms with Crippen LogP contribution in [0.3, 0.4) is 0 Å². The lowest BCUT2D eigenvalue weighted by atomic mass is 10.1. The lowest BCUT2D eigenvalue weighted by Gasteiger charge is -2.07. The monoisotopic (exact) mass is 231 g/mol. The van der Waals surface area contributed by atoms with Gasteiger partial charge in [0.2, 0.25) is 0 Å². The first kappa shape index (κ1) is 12.8. The fourth-order valence-corrected chi connectivity index (χ4v) is 1.42. The Labute approximate surface area is 99.8 Å². The third kappa shape index (κ3) is 3.99. The third-order valence-corrected chi connectivity index (χ3v) is 2.17. The molecule has 0 aliphatic carbocycles. The first-order chi connectivity index (χ1) is 8.17. The van der Waals surface area contributed by atoms with Crippen LogP contribution >= 0.6 is 0 Å². The third-order valence-electron chi connectivity index (χ3n) is 2.17. The van der Waals surface area contributed by atoms with Gasteiger partial charge in [-0.1, -0.05) is 24.3 Å². The van der Waals surface area contributed by atoms with Crippen molar-refractivity contribution >= 4 is 12.0 Å². The Morgan fingerprint density at radius 2 is 2.35 bits per heavy atom. The lowest BCUT2D eigenvalue weighted by molar-refractivity contribution is -0.136. The SMILES string of the molecule is COc1cc(C=CCC#N)ccc1CC(=O)O. The van der Waals surface area contributed by atoms with E-state index in [1.807, 2.05) is 6.07 Å². The van der Waals surface area contributed by atoms with E-state index in [4.69, 9.17) is 15.1 Å². The normalized spacial score (nSPS) is 10.1. The molecule has 0 atom stereocenters. The van der Waals surface area contributed by atoms with Crippen LogP contribution in [0.25, 0.3) is 6.08 Å². The van der Waals surface area contributed by atoms with Crippen molar-refractivity contribution in [3.8, 4) is 11.8 Å². The Morgan fingerprint density at radius 3 is 2.94 bits per heavy atom. The van der Waals surface area contributed by atoms with E-state index in [0.29, 0.717) is 17.7 Å². The summed E-state index contributed by atoms with van der Waals surface area (Å²) in [7, 11) is 1.50. The number of nitriles is 1. The average Bonchev–Trinajstić information content (AvgIpc) is 2.30. The summed E-state index contributed by atoms with van der Waals surface area (Å²) in [4.78, 5) is 10.6. The number of hydrogen-bond acceptors (Lipinski definition) is 3. The minimum atomic E-state index is -0.893. The molecule has 0 fully saturated rings. The number of carboxylic acids is 1. The molecule has 17 heavy (non-hydrogen) atoms. The number of benzene rings is 1. The Hall–Kier alpha value is -2.28. The van der Waals surface area contributed by atoms with Crippen molar-refractivity contribution in [3.05, 3.63) is 35.4 Å². The van der Waals surface area contributed by atoms with Crippen LogP contribution in [0.5, 0.6) is 5.75 Å². The second-order valence-electron chi connectivity index (χ2n) is 3.41. The minimum Gasteiger partial charge on any atom is -0.496 e. The van der Waals surface area contributed by atoms with Gasteiger partial charge >= 0.3 is 5.97 Å². The van der Waals surface area contributed by atoms with Crippen LogP contribution < -0.4 is 4.74 Å². The van der Waals surface area contributed by atoms with Crippen molar-refractivity contribution in [2.45, 2.75) is 12.8 Å². The van der Waals surface area contributed by atoms with Crippen LogP contribution in [0, 0.1) is 11.3 Å². The summed E-state index contributed by atoms with van der Waals surface area (Å²) in [6, 6.07) is 7.29. The summed E-state index contributed by atoms with van der Waals surface area (Å²) in [6.07, 6.45) is 3.83. The van der Waals surface area contributed by atoms with Gasteiger partial charge in [0, 0.05) is 5.56 Å². The number of carbonyl (C=O) groups is 1. The number of rotatable bonds is 5. The van der Waals surface area contributed by atoms with E-state index < -0.39 is 5.97 Å². The van der Waals surface area contributed by atoms with Crippen molar-refractivity contribution in [2.75, 3.05) is 7.11 Å². The molecule has 4 heteroatoms. The molecule has 0 heterocycles. The molecule has 1 aromatic rings. The van der Waals surface area contributed by atoms with Crippen molar-refractivity contribution in [1.29, 1.82) is 5.26 Å². The predicted octanol–water partition coefficient (Wildman–Crippen LogP) is 2.25. The predicted molar refractivity (Wildman–Crippen MR) is 63.6 cm³/mol. The molecular weight excluding hydrogens is 218 g/mol. The highest BCUT2D eigenvalue weighted by Gasteiger charge is 2.07. The van der Waals surface area contributed by atoms with Crippen LogP contribution in [0.1, 0.15) is 17.5 Å². The summed E-state index contributed by atoms with van der Waals surface area (Å²) in [6.45, 7) is 0. The fraction of sp³-hybridized carbons (Fsp3) is 0.231. The standard InChI is InChI=1S/C13H13NO3/c1-17-12-8-10(4-2-3-7-14)5-6-11(12)9-13(15)16/h2,4-6,8H,3,9H2,1H3,(H,15,16). The molecule has 4 nitrogen and oxygen atoms in total. The first-order valence-corrected chi connectivity index (χ1v) is 5.09. The number of carboxylic acid groups (broad SMARTS) is 1. The van der Waals surface area contributed by atoms with Crippen molar-refractivity contribution in [1.82, 2.24) is 0 Å². The second-order valence-corrected chi connectivity index (χ2v) is 3.41. The lowest BCUT2D eigenvalue weighted by Crippen LogP contribution is -2.02. The molecule has 0 saturated carbocycles. The smallest absolute Gasteiger partial charge is 0.307 e. The van der Waals surface area contributed by atoms with Crippen molar-refractivity contribution in [2.24, 2.45) is 0 Å². The van der Waals surface area contributed by atoms with Gasteiger partial charge in [-0.05, 0) is 11.6 Å². The van der Waals surface area contributed by atoms with Gasteiger partial charge in [0.25, 0.3) is 0 Å². The molecule has 1 rings (SSSR count). The molecule has 1 N–H and O–H groups in total. The number of nitrogens with zero attached hydrogens (tertiary/aromatic N) is 1. The van der Waals surface area contributed by atoms with E-state index in [-0.39, 0.29) is 6.42 Å². The molecular formula is C13H13NO3. The fourth-order valence-electron chi connectivity index (χ4n) is 1.42. The summed E-state index contributed by atoms with van der Waals surface area (Å²) in [5, 5.41) is 17.1. The molecule has 0 amide bonds. The van der Waals surface area contributed by atoms with Gasteiger partial charge in [0.15, 0.2) is 0 Å². The molecule has 0 aromatic heterocycles. The van der Waals surface area contributed by atoms with Crippen molar-refractivity contribution < 1.29 is 14.6 Å². The first-order valence-electron chi connectivity index (χ1n) is 5.09. The van der Waals surface area contributed by atoms with Crippen LogP contribution in [0.2, 0.25) is 0 Å². The van der Waals surface area contributed by atoms with Gasteiger partial charge in [-0.15, -0.1) is 0 Å². The van der Waals surface area contributed by atoms with E-state index >= 15 is 0 Å². The molecule has 0 spiro atoms. The Morgan fingerprint density at radius 1 is 1.59 bits per heavy atom. The van der Waals surface area contributed by atoms with Gasteiger partial charge in [-0.3, -0.25) is 4.79 Å². The summed E-state index contributed by atoms with van der Waals surface area (Å²) >= 11 is 0. The maximum atomic E-state index is 10.6. The molecule has 0 unspecified atom stereocenters. The highest BCUT2D eigenvalue weighted by atomic mass is 16.5. The number of methoxy groups -OCH3 is 1. The van der Waals surface area contributed by atoms with E-state index in [1.165, 1.54) is 7.11 Å². The van der Waals surface area contributed by atoms with Crippen LogP contribution in [-0.4, -0.2) is 18.2 Å². The molecule has 0 aliphatic heterocycles. The Balaban J connectivity index is 2.92. The number of allylic oxidation sites excluding steroid dienone is 1. The Bertz CT molecular complexity index is 472. The Kier molecular flexibility index (Phi) is 4.77. The van der Waals surface area contributed by atoms with E-state index in [1.54, 1.807) is 30.4 Å². The second kappa shape index (κ2) is 6.33. The molecule has 0 bridgehead atoms. The highest BCUT2D eigenvalue weighted by Crippen LogP contribution is 2.21. The molecule has 1 aromatic carbocycles. The zero-order valence-electron chi connectivity index (χ0n) is 9.51. The summed E-state index contributed by atoms with van der Waals surface area (Å²) < 4.78 is 5.13. The number of aliphatic carboxylic acids is 1. The summed E-state index contributed by atoms with van der Waals surface area (Å²) in [5.74, 6) is -0.345. The van der Waals surface area contributed by atoms with Crippen LogP contribution in [0.15, 0.2) is 24.3 Å². The van der Waals surface area contributed by atoms with Crippen molar-refractivity contribution in [3.63, 3.8) is 0 Å². The van der Waals surface area contributed by atoms with Gasteiger partial charge in [0.1, 0.15) is 5.75 Å². The van der Waals surface area contributed by atoms with E-state index in [0.717, 1.165) is 5.56 Å². The molecule has 88 valence electrons. The summed E-state index contributed by atoms with van der Waals surface area (Å²) in [5.41, 5.74) is 1.52. The van der Waals surface area contributed by atoms with Gasteiger partial charge in [-0.2, -0.15) is 5.26 Å². The quantitative estimate of drug-likeness (QED) is 0.843. The van der Waals surface area contributed by atoms with E-state index in [2.05, 4.69) is 0 Å². The maximum absolute atomic E-state index is 10.6. The average molecular weight is 231 g/mol. The van der Waals surface area contributed by atoms with Gasteiger partial charge in [-0.25, -0.2) is 0 Å². The molecule has 0 radical (unpaired) electrons. The van der Waals surface area contributed by atoms with E-state index in [9.17, 15) is 4.79 Å². The topological polar surface area (TPSA) is 70.3 Å². The van der Waals surface area contributed by atoms with Gasteiger partial charge in [0.05, 0.1) is 26.0 Å². The van der Waals surface area contributed by atoms with Gasteiger partial charge < -0.3 is 9.84 Å². The maximum Gasteiger partial charge on any atom is 0.307 e. The zero-order valence-corrected chi connectivity index (χ0v) is 9.51. The zero-order chi connectivity index (χ0) is 12.7.